The van der Waals surface area contributed by atoms with Gasteiger partial charge in [-0.15, -0.1) is 0 Å². The van der Waals surface area contributed by atoms with E-state index in [0.29, 0.717) is 11.5 Å². The summed E-state index contributed by atoms with van der Waals surface area (Å²) in [4.78, 5) is 23.2. The molecule has 10 heteroatoms. The van der Waals surface area contributed by atoms with Crippen LogP contribution < -0.4 is 16.3 Å². The molecule has 2 N–H and O–H groups in total. The second-order valence-electron chi connectivity index (χ2n) is 6.19. The normalized spacial score (nSPS) is 10.8. The topological polar surface area (TPSA) is 94.9 Å². The van der Waals surface area contributed by atoms with Gasteiger partial charge in [-0.05, 0) is 24.3 Å². The van der Waals surface area contributed by atoms with Crippen LogP contribution in [0.2, 0.25) is 0 Å². The molecule has 0 saturated heterocycles. The van der Waals surface area contributed by atoms with Crippen molar-refractivity contribution in [2.75, 3.05) is 25.5 Å². The summed E-state index contributed by atoms with van der Waals surface area (Å²) in [6.07, 6.45) is 1.03. The van der Waals surface area contributed by atoms with Crippen LogP contribution in [0.25, 0.3) is 17.1 Å². The Bertz CT molecular complexity index is 1050. The summed E-state index contributed by atoms with van der Waals surface area (Å²) in [5, 5.41) is 3.88. The van der Waals surface area contributed by atoms with Crippen LogP contribution in [0, 0.1) is 0 Å². The molecule has 3 heterocycles. The minimum Gasteiger partial charge on any atom is -0.363 e. The average Bonchev–Trinajstić information content (AvgIpc) is 3.06. The average molecular weight is 387 g/mol. The zero-order valence-electron chi connectivity index (χ0n) is 15.4. The monoisotopic (exact) mass is 387 g/mol. The van der Waals surface area contributed by atoms with Gasteiger partial charge in [0.1, 0.15) is 18.0 Å². The van der Waals surface area contributed by atoms with E-state index in [1.807, 2.05) is 31.1 Å². The summed E-state index contributed by atoms with van der Waals surface area (Å²) in [6, 6.07) is 8.91. The van der Waals surface area contributed by atoms with Crippen molar-refractivity contribution in [3.05, 3.63) is 65.0 Å². The Hall–Kier alpha value is -3.40. The highest BCUT2D eigenvalue weighted by Crippen LogP contribution is 2.19. The van der Waals surface area contributed by atoms with Crippen molar-refractivity contribution in [3.63, 3.8) is 0 Å². The second-order valence-corrected chi connectivity index (χ2v) is 6.19. The minimum atomic E-state index is -1.90. The first kappa shape index (κ1) is 19.4. The molecule has 0 spiro atoms. The van der Waals surface area contributed by atoms with Crippen molar-refractivity contribution in [3.8, 4) is 17.1 Å². The van der Waals surface area contributed by atoms with Gasteiger partial charge < -0.3 is 10.6 Å². The maximum absolute atomic E-state index is 12.8. The molecule has 3 aromatic rings. The molecular weight excluding hydrogens is 368 g/mol. The molecule has 28 heavy (non-hydrogen) atoms. The zero-order valence-corrected chi connectivity index (χ0v) is 15.4. The van der Waals surface area contributed by atoms with Crippen molar-refractivity contribution in [2.45, 2.75) is 6.54 Å². The molecule has 0 bridgehead atoms. The summed E-state index contributed by atoms with van der Waals surface area (Å²) in [6.45, 7) is -0.731. The molecule has 3 aromatic heterocycles. The first-order valence-electron chi connectivity index (χ1n) is 8.39. The third-order valence-electron chi connectivity index (χ3n) is 4.07. The lowest BCUT2D eigenvalue weighted by atomic mass is 10.2. The van der Waals surface area contributed by atoms with Gasteiger partial charge in [-0.2, -0.15) is 13.9 Å². The van der Waals surface area contributed by atoms with Crippen LogP contribution >= 0.6 is 0 Å². The van der Waals surface area contributed by atoms with E-state index in [1.54, 1.807) is 24.4 Å². The van der Waals surface area contributed by atoms with Crippen molar-refractivity contribution < 1.29 is 8.78 Å². The summed E-state index contributed by atoms with van der Waals surface area (Å²) in [7, 11) is 3.79. The van der Waals surface area contributed by atoms with Crippen molar-refractivity contribution in [1.29, 1.82) is 0 Å². The molecule has 3 rings (SSSR count). The van der Waals surface area contributed by atoms with Gasteiger partial charge in [-0.3, -0.25) is 0 Å². The second kappa shape index (κ2) is 8.09. The molecule has 0 saturated carbocycles. The van der Waals surface area contributed by atoms with Gasteiger partial charge in [0.15, 0.2) is 0 Å². The van der Waals surface area contributed by atoms with Gasteiger partial charge >= 0.3 is 5.69 Å². The molecule has 8 nitrogen and oxygen atoms in total. The minimum absolute atomic E-state index is 0.324. The van der Waals surface area contributed by atoms with Gasteiger partial charge in [0.05, 0.1) is 12.2 Å². The van der Waals surface area contributed by atoms with Crippen LogP contribution in [0.5, 0.6) is 0 Å². The Kier molecular flexibility index (Phi) is 5.59. The fourth-order valence-electron chi connectivity index (χ4n) is 2.51. The Balaban J connectivity index is 1.93. The van der Waals surface area contributed by atoms with Crippen LogP contribution in [-0.4, -0.2) is 45.0 Å². The van der Waals surface area contributed by atoms with Crippen LogP contribution in [0.4, 0.5) is 14.6 Å². The lowest BCUT2D eigenvalue weighted by Gasteiger charge is -2.11. The quantitative estimate of drug-likeness (QED) is 0.691. The first-order chi connectivity index (χ1) is 13.4. The number of pyridine rings is 2. The van der Waals surface area contributed by atoms with Gasteiger partial charge in [0, 0.05) is 38.0 Å². The SMILES string of the molecule is CN(C)c1ccc(-c2cccc(-n3cnn(CC(CN)=C(F)F)c3=O)n2)cn1. The Morgan fingerprint density at radius 1 is 1.21 bits per heavy atom. The Morgan fingerprint density at radius 2 is 2.00 bits per heavy atom. The predicted octanol–water partition coefficient (Wildman–Crippen LogP) is 1.67. The van der Waals surface area contributed by atoms with Crippen LogP contribution in [0.1, 0.15) is 0 Å². The van der Waals surface area contributed by atoms with E-state index >= 15 is 0 Å². The number of halogens is 2. The van der Waals surface area contributed by atoms with Crippen LogP contribution in [0.3, 0.4) is 0 Å². The van der Waals surface area contributed by atoms with Crippen molar-refractivity contribution >= 4 is 5.82 Å². The molecule has 0 unspecified atom stereocenters. The van der Waals surface area contributed by atoms with E-state index in [2.05, 4.69) is 15.1 Å². The van der Waals surface area contributed by atoms with Gasteiger partial charge in [0.25, 0.3) is 6.08 Å². The van der Waals surface area contributed by atoms with E-state index in [1.165, 1.54) is 10.9 Å². The molecule has 0 radical (unpaired) electrons. The zero-order chi connectivity index (χ0) is 20.3. The number of nitrogens with zero attached hydrogens (tertiary/aromatic N) is 6. The molecule has 0 aromatic carbocycles. The van der Waals surface area contributed by atoms with E-state index < -0.39 is 11.8 Å². The molecule has 0 fully saturated rings. The van der Waals surface area contributed by atoms with Gasteiger partial charge in [0.2, 0.25) is 0 Å². The van der Waals surface area contributed by atoms with Crippen LogP contribution in [0.15, 0.2) is 59.3 Å². The summed E-state index contributed by atoms with van der Waals surface area (Å²) < 4.78 is 27.7. The molecule has 0 amide bonds. The molecule has 0 aliphatic heterocycles. The third-order valence-corrected chi connectivity index (χ3v) is 4.07. The van der Waals surface area contributed by atoms with Crippen molar-refractivity contribution in [2.24, 2.45) is 5.73 Å². The maximum atomic E-state index is 12.8. The highest BCUT2D eigenvalue weighted by atomic mass is 19.3. The third kappa shape index (κ3) is 3.96. The lowest BCUT2D eigenvalue weighted by Crippen LogP contribution is -2.26. The van der Waals surface area contributed by atoms with Gasteiger partial charge in [-0.25, -0.2) is 24.0 Å². The summed E-state index contributed by atoms with van der Waals surface area (Å²) >= 11 is 0. The first-order valence-corrected chi connectivity index (χ1v) is 8.39. The molecular formula is C18H19F2N7O. The van der Waals surface area contributed by atoms with E-state index in [4.69, 9.17) is 5.73 Å². The Labute approximate surface area is 159 Å². The largest absolute Gasteiger partial charge is 0.363 e. The summed E-state index contributed by atoms with van der Waals surface area (Å²) in [5.41, 5.74) is 5.76. The van der Waals surface area contributed by atoms with Crippen molar-refractivity contribution in [1.82, 2.24) is 24.3 Å². The molecule has 0 aliphatic rings. The number of anilines is 1. The summed E-state index contributed by atoms with van der Waals surface area (Å²) in [5.74, 6) is 1.13. The number of aromatic nitrogens is 5. The molecule has 0 aliphatic carbocycles. The fourth-order valence-corrected chi connectivity index (χ4v) is 2.51. The number of rotatable bonds is 6. The number of nitrogens with two attached hydrogens (primary N) is 1. The molecule has 0 atom stereocenters. The number of hydrogen-bond donors (Lipinski definition) is 1. The Morgan fingerprint density at radius 3 is 2.61 bits per heavy atom. The van der Waals surface area contributed by atoms with E-state index in [9.17, 15) is 13.6 Å². The highest BCUT2D eigenvalue weighted by molar-refractivity contribution is 5.60. The molecule has 146 valence electrons. The predicted molar refractivity (Wildman–Crippen MR) is 101 cm³/mol. The highest BCUT2D eigenvalue weighted by Gasteiger charge is 2.13. The van der Waals surface area contributed by atoms with Crippen LogP contribution in [-0.2, 0) is 6.54 Å². The standard InChI is InChI=1S/C18H19F2N7O/c1-25(2)15-7-6-12(9-22-15)14-4-3-5-16(24-14)26-11-23-27(18(26)28)10-13(8-21)17(19)20/h3-7,9,11H,8,10,21H2,1-2H3. The van der Waals surface area contributed by atoms with Gasteiger partial charge in [-0.1, -0.05) is 6.07 Å². The van der Waals surface area contributed by atoms with E-state index in [0.717, 1.165) is 16.1 Å². The maximum Gasteiger partial charge on any atom is 0.351 e. The lowest BCUT2D eigenvalue weighted by molar-refractivity contribution is 0.400. The number of hydrogen-bond acceptors (Lipinski definition) is 6. The van der Waals surface area contributed by atoms with E-state index in [-0.39, 0.29) is 18.7 Å². The smallest absolute Gasteiger partial charge is 0.351 e. The fraction of sp³-hybridized carbons (Fsp3) is 0.222.